The van der Waals surface area contributed by atoms with Crippen molar-refractivity contribution in [3.8, 4) is 0 Å². The SMILES string of the molecule is Nc1ccc2cnn(C3CCOC4(CCCCC4)C3)c2c1. The molecule has 2 aliphatic rings. The van der Waals surface area contributed by atoms with Crippen LogP contribution in [0.15, 0.2) is 24.4 Å². The van der Waals surface area contributed by atoms with Gasteiger partial charge in [-0.3, -0.25) is 4.68 Å². The van der Waals surface area contributed by atoms with Crippen molar-refractivity contribution in [2.24, 2.45) is 0 Å². The molecule has 4 nitrogen and oxygen atoms in total. The van der Waals surface area contributed by atoms with Gasteiger partial charge in [-0.1, -0.05) is 19.3 Å². The van der Waals surface area contributed by atoms with E-state index < -0.39 is 0 Å². The van der Waals surface area contributed by atoms with Gasteiger partial charge in [0, 0.05) is 17.7 Å². The summed E-state index contributed by atoms with van der Waals surface area (Å²) in [6, 6.07) is 6.49. The van der Waals surface area contributed by atoms with Crippen molar-refractivity contribution in [1.82, 2.24) is 9.78 Å². The lowest BCUT2D eigenvalue weighted by Crippen LogP contribution is -2.42. The summed E-state index contributed by atoms with van der Waals surface area (Å²) < 4.78 is 8.39. The molecule has 2 aromatic rings. The lowest BCUT2D eigenvalue weighted by molar-refractivity contribution is -0.115. The molecule has 2 N–H and O–H groups in total. The third-order valence-electron chi connectivity index (χ3n) is 5.20. The van der Waals surface area contributed by atoms with Gasteiger partial charge >= 0.3 is 0 Å². The molecular formula is C17H23N3O. The minimum Gasteiger partial charge on any atom is -0.399 e. The molecule has 1 aromatic carbocycles. The lowest BCUT2D eigenvalue weighted by atomic mass is 9.78. The number of benzene rings is 1. The molecule has 1 atom stereocenters. The fourth-order valence-electron chi connectivity index (χ4n) is 4.10. The molecule has 2 fully saturated rings. The van der Waals surface area contributed by atoms with Crippen molar-refractivity contribution in [3.05, 3.63) is 24.4 Å². The predicted molar refractivity (Wildman–Crippen MR) is 84.2 cm³/mol. The number of fused-ring (bicyclic) bond motifs is 1. The highest BCUT2D eigenvalue weighted by molar-refractivity contribution is 5.81. The summed E-state index contributed by atoms with van der Waals surface area (Å²) in [5.74, 6) is 0. The Hall–Kier alpha value is -1.55. The zero-order valence-electron chi connectivity index (χ0n) is 12.4. The van der Waals surface area contributed by atoms with Crippen LogP contribution in [0.2, 0.25) is 0 Å². The van der Waals surface area contributed by atoms with Crippen LogP contribution >= 0.6 is 0 Å². The van der Waals surface area contributed by atoms with Gasteiger partial charge in [0.25, 0.3) is 0 Å². The summed E-state index contributed by atoms with van der Waals surface area (Å²) in [6.07, 6.45) is 10.5. The second-order valence-electron chi connectivity index (χ2n) is 6.65. The molecular weight excluding hydrogens is 262 g/mol. The largest absolute Gasteiger partial charge is 0.399 e. The molecule has 4 heteroatoms. The maximum Gasteiger partial charge on any atom is 0.0706 e. The molecule has 0 radical (unpaired) electrons. The highest BCUT2D eigenvalue weighted by atomic mass is 16.5. The highest BCUT2D eigenvalue weighted by Crippen LogP contribution is 2.42. The third kappa shape index (κ3) is 2.31. The van der Waals surface area contributed by atoms with E-state index in [1.54, 1.807) is 0 Å². The lowest BCUT2D eigenvalue weighted by Gasteiger charge is -2.43. The Labute approximate surface area is 125 Å². The average molecular weight is 285 g/mol. The molecule has 1 saturated heterocycles. The summed E-state index contributed by atoms with van der Waals surface area (Å²) in [5.41, 5.74) is 8.03. The molecule has 1 spiro atoms. The van der Waals surface area contributed by atoms with E-state index in [4.69, 9.17) is 10.5 Å². The molecule has 1 aromatic heterocycles. The Bertz CT molecular complexity index is 637. The molecule has 1 unspecified atom stereocenters. The summed E-state index contributed by atoms with van der Waals surface area (Å²) in [7, 11) is 0. The minimum atomic E-state index is 0.111. The number of nitrogens with zero attached hydrogens (tertiary/aromatic N) is 2. The number of nitrogens with two attached hydrogens (primary N) is 1. The maximum atomic E-state index is 6.20. The van der Waals surface area contributed by atoms with E-state index in [0.29, 0.717) is 6.04 Å². The van der Waals surface area contributed by atoms with Crippen LogP contribution in [0, 0.1) is 0 Å². The molecule has 1 aliphatic carbocycles. The molecule has 0 bridgehead atoms. The second-order valence-corrected chi connectivity index (χ2v) is 6.65. The van der Waals surface area contributed by atoms with Gasteiger partial charge in [-0.25, -0.2) is 0 Å². The van der Waals surface area contributed by atoms with Gasteiger partial charge < -0.3 is 10.5 Å². The first-order valence-electron chi connectivity index (χ1n) is 8.13. The third-order valence-corrected chi connectivity index (χ3v) is 5.20. The molecule has 1 saturated carbocycles. The van der Waals surface area contributed by atoms with Gasteiger partial charge in [0.05, 0.1) is 23.4 Å². The quantitative estimate of drug-likeness (QED) is 0.813. The normalized spacial score (nSPS) is 25.4. The van der Waals surface area contributed by atoms with Crippen molar-refractivity contribution in [2.75, 3.05) is 12.3 Å². The number of hydrogen-bond donors (Lipinski definition) is 1. The van der Waals surface area contributed by atoms with Gasteiger partial charge in [-0.05, 0) is 43.9 Å². The van der Waals surface area contributed by atoms with Crippen molar-refractivity contribution in [3.63, 3.8) is 0 Å². The predicted octanol–water partition coefficient (Wildman–Crippen LogP) is 3.67. The fraction of sp³-hybridized carbons (Fsp3) is 0.588. The average Bonchev–Trinajstić information content (AvgIpc) is 2.91. The zero-order chi connectivity index (χ0) is 14.3. The number of nitrogen functional groups attached to an aromatic ring is 1. The van der Waals surface area contributed by atoms with Crippen LogP contribution in [0.5, 0.6) is 0 Å². The highest BCUT2D eigenvalue weighted by Gasteiger charge is 2.39. The van der Waals surface area contributed by atoms with Gasteiger partial charge in [0.15, 0.2) is 0 Å². The van der Waals surface area contributed by atoms with E-state index >= 15 is 0 Å². The smallest absolute Gasteiger partial charge is 0.0706 e. The first kappa shape index (κ1) is 13.1. The van der Waals surface area contributed by atoms with E-state index in [0.717, 1.165) is 30.7 Å². The Balaban J connectivity index is 1.66. The Morgan fingerprint density at radius 2 is 2.10 bits per heavy atom. The standard InChI is InChI=1S/C17H23N3O/c18-14-5-4-13-12-19-20(16(13)10-14)15-6-9-21-17(11-15)7-2-1-3-8-17/h4-5,10,12,15H,1-3,6-9,11,18H2. The monoisotopic (exact) mass is 285 g/mol. The van der Waals surface area contributed by atoms with Gasteiger partial charge in [-0.2, -0.15) is 5.10 Å². The van der Waals surface area contributed by atoms with Crippen LogP contribution < -0.4 is 5.73 Å². The topological polar surface area (TPSA) is 53.1 Å². The van der Waals surface area contributed by atoms with Crippen molar-refractivity contribution < 1.29 is 4.74 Å². The molecule has 21 heavy (non-hydrogen) atoms. The Kier molecular flexibility index (Phi) is 3.14. The van der Waals surface area contributed by atoms with Gasteiger partial charge in [-0.15, -0.1) is 0 Å². The summed E-state index contributed by atoms with van der Waals surface area (Å²) >= 11 is 0. The van der Waals surface area contributed by atoms with Crippen LogP contribution in [-0.2, 0) is 4.74 Å². The molecule has 112 valence electrons. The molecule has 1 aliphatic heterocycles. The molecule has 2 heterocycles. The molecule has 4 rings (SSSR count). The zero-order valence-corrected chi connectivity index (χ0v) is 12.4. The van der Waals surface area contributed by atoms with E-state index in [1.165, 1.54) is 37.5 Å². The van der Waals surface area contributed by atoms with E-state index in [-0.39, 0.29) is 5.60 Å². The van der Waals surface area contributed by atoms with Gasteiger partial charge in [0.2, 0.25) is 0 Å². The minimum absolute atomic E-state index is 0.111. The molecule has 0 amide bonds. The van der Waals surface area contributed by atoms with Crippen LogP contribution in [-0.4, -0.2) is 22.0 Å². The summed E-state index contributed by atoms with van der Waals surface area (Å²) in [5, 5.41) is 5.82. The maximum absolute atomic E-state index is 6.20. The van der Waals surface area contributed by atoms with E-state index in [2.05, 4.69) is 15.8 Å². The number of hydrogen-bond acceptors (Lipinski definition) is 3. The van der Waals surface area contributed by atoms with Crippen LogP contribution in [0.4, 0.5) is 5.69 Å². The van der Waals surface area contributed by atoms with Crippen LogP contribution in [0.3, 0.4) is 0 Å². The number of anilines is 1. The number of rotatable bonds is 1. The first-order valence-corrected chi connectivity index (χ1v) is 8.13. The van der Waals surface area contributed by atoms with E-state index in [9.17, 15) is 0 Å². The summed E-state index contributed by atoms with van der Waals surface area (Å²) in [4.78, 5) is 0. The van der Waals surface area contributed by atoms with Crippen LogP contribution in [0.1, 0.15) is 51.0 Å². The number of aromatic nitrogens is 2. The Morgan fingerprint density at radius 3 is 2.95 bits per heavy atom. The summed E-state index contributed by atoms with van der Waals surface area (Å²) in [6.45, 7) is 0.855. The van der Waals surface area contributed by atoms with Gasteiger partial charge in [0.1, 0.15) is 0 Å². The van der Waals surface area contributed by atoms with Crippen molar-refractivity contribution in [1.29, 1.82) is 0 Å². The Morgan fingerprint density at radius 1 is 1.24 bits per heavy atom. The van der Waals surface area contributed by atoms with E-state index in [1.807, 2.05) is 18.3 Å². The second kappa shape index (κ2) is 5.02. The number of ether oxygens (including phenoxy) is 1. The van der Waals surface area contributed by atoms with Crippen molar-refractivity contribution in [2.45, 2.75) is 56.6 Å². The van der Waals surface area contributed by atoms with Crippen LogP contribution in [0.25, 0.3) is 10.9 Å². The van der Waals surface area contributed by atoms with Crippen molar-refractivity contribution >= 4 is 16.6 Å². The first-order chi connectivity index (χ1) is 10.3. The fourth-order valence-corrected chi connectivity index (χ4v) is 4.10.